The molecule has 5 nitrogen and oxygen atoms in total. The minimum absolute atomic E-state index is 0.663. The molecule has 0 radical (unpaired) electrons. The molecule has 0 fully saturated rings. The average Bonchev–Trinajstić information content (AvgIpc) is 3.09. The maximum atomic E-state index is 4.35. The molecule has 1 aromatic carbocycles. The van der Waals surface area contributed by atoms with Crippen LogP contribution in [0.2, 0.25) is 0 Å². The van der Waals surface area contributed by atoms with E-state index in [1.807, 2.05) is 17.8 Å². The average molecular weight is 285 g/mol. The Labute approximate surface area is 121 Å². The number of rotatable bonds is 4. The van der Waals surface area contributed by atoms with Crippen LogP contribution in [0.1, 0.15) is 11.6 Å². The van der Waals surface area contributed by atoms with E-state index in [0.29, 0.717) is 6.54 Å². The van der Waals surface area contributed by atoms with Crippen molar-refractivity contribution < 1.29 is 0 Å². The Morgan fingerprint density at radius 2 is 1.95 bits per heavy atom. The molecule has 0 unspecified atom stereocenters. The summed E-state index contributed by atoms with van der Waals surface area (Å²) in [5, 5.41) is 4.32. The fourth-order valence-electron chi connectivity index (χ4n) is 2.04. The molecule has 0 aliphatic carbocycles. The molecule has 102 valence electrons. The Balaban J connectivity index is 1.91. The minimum atomic E-state index is 0.663. The quantitative estimate of drug-likeness (QED) is 0.691. The molecule has 0 amide bonds. The van der Waals surface area contributed by atoms with Crippen molar-refractivity contribution in [2.24, 2.45) is 0 Å². The molecule has 0 aliphatic heterocycles. The Bertz CT molecular complexity index is 698. The summed E-state index contributed by atoms with van der Waals surface area (Å²) >= 11 is 1.73. The fraction of sp³-hybridized carbons (Fsp3) is 0.214. The monoisotopic (exact) mass is 285 g/mol. The van der Waals surface area contributed by atoms with Crippen molar-refractivity contribution >= 4 is 11.8 Å². The molecular weight excluding hydrogens is 270 g/mol. The van der Waals surface area contributed by atoms with Gasteiger partial charge in [0.2, 0.25) is 0 Å². The van der Waals surface area contributed by atoms with Gasteiger partial charge in [-0.2, -0.15) is 5.10 Å². The first-order valence-electron chi connectivity index (χ1n) is 6.29. The first-order chi connectivity index (χ1) is 9.78. The number of aromatic nitrogens is 5. The topological polar surface area (TPSA) is 48.5 Å². The summed E-state index contributed by atoms with van der Waals surface area (Å²) in [5.74, 6) is 1.86. The highest BCUT2D eigenvalue weighted by atomic mass is 32.2. The van der Waals surface area contributed by atoms with Gasteiger partial charge in [0.25, 0.3) is 0 Å². The lowest BCUT2D eigenvalue weighted by Gasteiger charge is -2.08. The largest absolute Gasteiger partial charge is 0.328 e. The van der Waals surface area contributed by atoms with Gasteiger partial charge in [-0.15, -0.1) is 11.8 Å². The van der Waals surface area contributed by atoms with Crippen LogP contribution in [-0.2, 0) is 6.54 Å². The lowest BCUT2D eigenvalue weighted by molar-refractivity contribution is 0.684. The van der Waals surface area contributed by atoms with Crippen molar-refractivity contribution in [3.63, 3.8) is 0 Å². The normalized spacial score (nSPS) is 10.9. The highest BCUT2D eigenvalue weighted by molar-refractivity contribution is 7.98. The van der Waals surface area contributed by atoms with Gasteiger partial charge in [0.15, 0.2) is 5.82 Å². The number of imidazole rings is 1. The second-order valence-corrected chi connectivity index (χ2v) is 5.27. The van der Waals surface area contributed by atoms with Gasteiger partial charge in [-0.1, -0.05) is 0 Å². The van der Waals surface area contributed by atoms with Crippen molar-refractivity contribution in [1.82, 2.24) is 24.3 Å². The third kappa shape index (κ3) is 2.46. The van der Waals surface area contributed by atoms with Gasteiger partial charge in [-0.25, -0.2) is 14.6 Å². The molecule has 0 N–H and O–H groups in total. The van der Waals surface area contributed by atoms with Crippen molar-refractivity contribution in [3.8, 4) is 5.69 Å². The van der Waals surface area contributed by atoms with Crippen LogP contribution in [0, 0.1) is 6.92 Å². The number of nitrogens with zero attached hydrogens (tertiary/aromatic N) is 5. The first kappa shape index (κ1) is 12.9. The smallest absolute Gasteiger partial charge is 0.152 e. The van der Waals surface area contributed by atoms with Crippen LogP contribution < -0.4 is 0 Å². The summed E-state index contributed by atoms with van der Waals surface area (Å²) in [5.41, 5.74) is 1.02. The summed E-state index contributed by atoms with van der Waals surface area (Å²) < 4.78 is 3.92. The van der Waals surface area contributed by atoms with Crippen molar-refractivity contribution in [2.75, 3.05) is 6.26 Å². The Kier molecular flexibility index (Phi) is 3.56. The minimum Gasteiger partial charge on any atom is -0.328 e. The van der Waals surface area contributed by atoms with E-state index in [0.717, 1.165) is 17.3 Å². The van der Waals surface area contributed by atoms with Gasteiger partial charge < -0.3 is 4.57 Å². The highest BCUT2D eigenvalue weighted by Gasteiger charge is 2.08. The van der Waals surface area contributed by atoms with E-state index < -0.39 is 0 Å². The van der Waals surface area contributed by atoms with Crippen LogP contribution in [0.15, 0.2) is 47.9 Å². The van der Waals surface area contributed by atoms with Gasteiger partial charge >= 0.3 is 0 Å². The standard InChI is InChI=1S/C14H15N5S/c1-11-15-7-8-18(11)9-14-16-10-17-19(14)12-3-5-13(20-2)6-4-12/h3-8,10H,9H2,1-2H3. The zero-order valence-electron chi connectivity index (χ0n) is 11.4. The molecule has 0 aliphatic rings. The predicted molar refractivity (Wildman–Crippen MR) is 79.2 cm³/mol. The first-order valence-corrected chi connectivity index (χ1v) is 7.51. The number of aryl methyl sites for hydroxylation is 1. The Hall–Kier alpha value is -2.08. The van der Waals surface area contributed by atoms with Crippen LogP contribution in [-0.4, -0.2) is 30.6 Å². The maximum absolute atomic E-state index is 4.35. The number of thioether (sulfide) groups is 1. The van der Waals surface area contributed by atoms with E-state index in [1.54, 1.807) is 24.3 Å². The van der Waals surface area contributed by atoms with Crippen molar-refractivity contribution in [3.05, 3.63) is 54.6 Å². The number of hydrogen-bond acceptors (Lipinski definition) is 4. The number of benzene rings is 1. The third-order valence-corrected chi connectivity index (χ3v) is 3.91. The van der Waals surface area contributed by atoms with Gasteiger partial charge in [-0.05, 0) is 37.4 Å². The second-order valence-electron chi connectivity index (χ2n) is 4.39. The van der Waals surface area contributed by atoms with Crippen molar-refractivity contribution in [2.45, 2.75) is 18.4 Å². The molecule has 0 saturated heterocycles. The third-order valence-electron chi connectivity index (χ3n) is 3.17. The van der Waals surface area contributed by atoms with E-state index in [-0.39, 0.29) is 0 Å². The molecule has 2 aromatic heterocycles. The maximum Gasteiger partial charge on any atom is 0.152 e. The van der Waals surface area contributed by atoms with Crippen LogP contribution >= 0.6 is 11.8 Å². The summed E-state index contributed by atoms with van der Waals surface area (Å²) in [6, 6.07) is 8.30. The Morgan fingerprint density at radius 1 is 1.15 bits per heavy atom. The lowest BCUT2D eigenvalue weighted by Crippen LogP contribution is -2.09. The predicted octanol–water partition coefficient (Wildman–Crippen LogP) is 2.54. The summed E-state index contributed by atoms with van der Waals surface area (Å²) in [6.07, 6.45) is 7.40. The molecular formula is C14H15N5S. The highest BCUT2D eigenvalue weighted by Crippen LogP contribution is 2.17. The van der Waals surface area contributed by atoms with Crippen molar-refractivity contribution in [1.29, 1.82) is 0 Å². The molecule has 0 bridgehead atoms. The van der Waals surface area contributed by atoms with Gasteiger partial charge in [-0.3, -0.25) is 0 Å². The van der Waals surface area contributed by atoms with Crippen LogP contribution in [0.3, 0.4) is 0 Å². The molecule has 0 atom stereocenters. The molecule has 6 heteroatoms. The van der Waals surface area contributed by atoms with Gasteiger partial charge in [0, 0.05) is 17.3 Å². The molecule has 0 saturated carbocycles. The van der Waals surface area contributed by atoms with E-state index >= 15 is 0 Å². The summed E-state index contributed by atoms with van der Waals surface area (Å²) in [7, 11) is 0. The summed E-state index contributed by atoms with van der Waals surface area (Å²) in [4.78, 5) is 9.81. The lowest BCUT2D eigenvalue weighted by atomic mass is 10.3. The van der Waals surface area contributed by atoms with E-state index in [9.17, 15) is 0 Å². The second kappa shape index (κ2) is 5.50. The van der Waals surface area contributed by atoms with Gasteiger partial charge in [0.05, 0.1) is 12.2 Å². The number of hydrogen-bond donors (Lipinski definition) is 0. The van der Waals surface area contributed by atoms with Gasteiger partial charge in [0.1, 0.15) is 12.2 Å². The van der Waals surface area contributed by atoms with E-state index in [2.05, 4.69) is 50.2 Å². The fourth-order valence-corrected chi connectivity index (χ4v) is 2.44. The van der Waals surface area contributed by atoms with E-state index in [4.69, 9.17) is 0 Å². The SMILES string of the molecule is CSc1ccc(-n2ncnc2Cn2ccnc2C)cc1. The molecule has 20 heavy (non-hydrogen) atoms. The zero-order valence-corrected chi connectivity index (χ0v) is 12.2. The zero-order chi connectivity index (χ0) is 13.9. The van der Waals surface area contributed by atoms with Crippen LogP contribution in [0.25, 0.3) is 5.69 Å². The summed E-state index contributed by atoms with van der Waals surface area (Å²) in [6.45, 7) is 2.64. The van der Waals surface area contributed by atoms with E-state index in [1.165, 1.54) is 4.90 Å². The van der Waals surface area contributed by atoms with Crippen LogP contribution in [0.4, 0.5) is 0 Å². The Morgan fingerprint density at radius 3 is 2.60 bits per heavy atom. The molecule has 0 spiro atoms. The molecule has 3 aromatic rings. The molecule has 3 rings (SSSR count). The molecule has 2 heterocycles. The van der Waals surface area contributed by atoms with Crippen LogP contribution in [0.5, 0.6) is 0 Å².